The van der Waals surface area contributed by atoms with Gasteiger partial charge in [-0.2, -0.15) is 18.3 Å². The standard InChI is InChI=1S/C12H14F3N3O/c1-7-3-4-9(19-7)11(8(2)16)18-6-5-10(17-18)12(13,14)15/h3-6,8,11H,16H2,1-2H3. The molecule has 2 aromatic rings. The zero-order valence-corrected chi connectivity index (χ0v) is 10.5. The van der Waals surface area contributed by atoms with E-state index in [9.17, 15) is 13.2 Å². The molecule has 0 bridgehead atoms. The van der Waals surface area contributed by atoms with Crippen LogP contribution in [0.3, 0.4) is 0 Å². The molecule has 0 amide bonds. The fourth-order valence-corrected chi connectivity index (χ4v) is 1.89. The fraction of sp³-hybridized carbons (Fsp3) is 0.417. The van der Waals surface area contributed by atoms with E-state index in [4.69, 9.17) is 10.2 Å². The SMILES string of the molecule is Cc1ccc(C(C(C)N)n2ccc(C(F)(F)F)n2)o1. The average Bonchev–Trinajstić information content (AvgIpc) is 2.87. The second-order valence-corrected chi connectivity index (χ2v) is 4.43. The fourth-order valence-electron chi connectivity index (χ4n) is 1.89. The number of aromatic nitrogens is 2. The van der Waals surface area contributed by atoms with Crippen molar-refractivity contribution in [3.05, 3.63) is 41.6 Å². The van der Waals surface area contributed by atoms with Crippen LogP contribution in [0.1, 0.15) is 30.2 Å². The Balaban J connectivity index is 2.38. The minimum Gasteiger partial charge on any atom is -0.464 e. The Bertz CT molecular complexity index is 557. The average molecular weight is 273 g/mol. The molecule has 0 aliphatic carbocycles. The highest BCUT2D eigenvalue weighted by Gasteiger charge is 2.35. The molecule has 0 radical (unpaired) electrons. The van der Waals surface area contributed by atoms with Crippen molar-refractivity contribution in [3.63, 3.8) is 0 Å². The Morgan fingerprint density at radius 3 is 2.42 bits per heavy atom. The van der Waals surface area contributed by atoms with Gasteiger partial charge in [-0.05, 0) is 32.0 Å². The third-order valence-electron chi connectivity index (χ3n) is 2.73. The van der Waals surface area contributed by atoms with E-state index < -0.39 is 24.0 Å². The summed E-state index contributed by atoms with van der Waals surface area (Å²) in [7, 11) is 0. The normalized spacial score (nSPS) is 15.5. The summed E-state index contributed by atoms with van der Waals surface area (Å²) in [5, 5.41) is 3.54. The van der Waals surface area contributed by atoms with Crippen LogP contribution >= 0.6 is 0 Å². The van der Waals surface area contributed by atoms with Gasteiger partial charge in [-0.3, -0.25) is 4.68 Å². The van der Waals surface area contributed by atoms with Gasteiger partial charge in [0.15, 0.2) is 5.69 Å². The molecule has 19 heavy (non-hydrogen) atoms. The van der Waals surface area contributed by atoms with Crippen molar-refractivity contribution < 1.29 is 17.6 Å². The lowest BCUT2D eigenvalue weighted by atomic mass is 10.1. The van der Waals surface area contributed by atoms with Gasteiger partial charge in [0, 0.05) is 12.2 Å². The van der Waals surface area contributed by atoms with Crippen LogP contribution in [0.5, 0.6) is 0 Å². The van der Waals surface area contributed by atoms with Crippen molar-refractivity contribution in [2.75, 3.05) is 0 Å². The monoisotopic (exact) mass is 273 g/mol. The minimum atomic E-state index is -4.47. The van der Waals surface area contributed by atoms with E-state index >= 15 is 0 Å². The van der Waals surface area contributed by atoms with Gasteiger partial charge in [-0.15, -0.1) is 0 Å². The van der Waals surface area contributed by atoms with E-state index in [2.05, 4.69) is 5.10 Å². The van der Waals surface area contributed by atoms with E-state index in [0.29, 0.717) is 11.5 Å². The Morgan fingerprint density at radius 1 is 1.32 bits per heavy atom. The highest BCUT2D eigenvalue weighted by molar-refractivity contribution is 5.14. The van der Waals surface area contributed by atoms with Crippen molar-refractivity contribution in [2.45, 2.75) is 32.1 Å². The summed E-state index contributed by atoms with van der Waals surface area (Å²) in [5.74, 6) is 1.16. The molecular weight excluding hydrogens is 259 g/mol. The molecule has 0 spiro atoms. The topological polar surface area (TPSA) is 57.0 Å². The first-order valence-electron chi connectivity index (χ1n) is 5.73. The number of alkyl halides is 3. The van der Waals surface area contributed by atoms with Crippen molar-refractivity contribution in [3.8, 4) is 0 Å². The second-order valence-electron chi connectivity index (χ2n) is 4.43. The van der Waals surface area contributed by atoms with E-state index in [1.165, 1.54) is 10.9 Å². The van der Waals surface area contributed by atoms with E-state index in [-0.39, 0.29) is 0 Å². The maximum atomic E-state index is 12.5. The van der Waals surface area contributed by atoms with Crippen LogP contribution in [-0.2, 0) is 6.18 Å². The zero-order valence-electron chi connectivity index (χ0n) is 10.5. The van der Waals surface area contributed by atoms with Gasteiger partial charge in [-0.1, -0.05) is 0 Å². The lowest BCUT2D eigenvalue weighted by Gasteiger charge is -2.19. The summed E-state index contributed by atoms with van der Waals surface area (Å²) >= 11 is 0. The molecule has 2 rings (SSSR count). The van der Waals surface area contributed by atoms with Crippen LogP contribution in [0.15, 0.2) is 28.8 Å². The van der Waals surface area contributed by atoms with Gasteiger partial charge in [-0.25, -0.2) is 0 Å². The van der Waals surface area contributed by atoms with E-state index in [0.717, 1.165) is 6.07 Å². The number of aryl methyl sites for hydroxylation is 1. The molecule has 2 heterocycles. The molecular formula is C12H14F3N3O. The highest BCUT2D eigenvalue weighted by Crippen LogP contribution is 2.29. The molecule has 2 N–H and O–H groups in total. The molecule has 0 fully saturated rings. The smallest absolute Gasteiger partial charge is 0.435 e. The third kappa shape index (κ3) is 2.81. The van der Waals surface area contributed by atoms with Gasteiger partial charge in [0.1, 0.15) is 17.6 Å². The first-order valence-corrected chi connectivity index (χ1v) is 5.73. The summed E-state index contributed by atoms with van der Waals surface area (Å²) in [6, 6.07) is 3.35. The lowest BCUT2D eigenvalue weighted by molar-refractivity contribution is -0.141. The molecule has 0 aliphatic heterocycles. The van der Waals surface area contributed by atoms with Gasteiger partial charge >= 0.3 is 6.18 Å². The summed E-state index contributed by atoms with van der Waals surface area (Å²) in [6.45, 7) is 3.45. The number of nitrogens with two attached hydrogens (primary N) is 1. The number of hydrogen-bond acceptors (Lipinski definition) is 3. The number of rotatable bonds is 3. The van der Waals surface area contributed by atoms with Crippen molar-refractivity contribution in [1.29, 1.82) is 0 Å². The Labute approximate surface area is 108 Å². The van der Waals surface area contributed by atoms with E-state index in [1.807, 2.05) is 0 Å². The molecule has 104 valence electrons. The van der Waals surface area contributed by atoms with Gasteiger partial charge in [0.05, 0.1) is 0 Å². The largest absolute Gasteiger partial charge is 0.464 e. The molecule has 2 atom stereocenters. The molecule has 0 aromatic carbocycles. The number of furan rings is 1. The molecule has 0 saturated carbocycles. The maximum Gasteiger partial charge on any atom is 0.435 e. The number of nitrogens with zero attached hydrogens (tertiary/aromatic N) is 2. The highest BCUT2D eigenvalue weighted by atomic mass is 19.4. The van der Waals surface area contributed by atoms with E-state index in [1.54, 1.807) is 26.0 Å². The summed E-state index contributed by atoms with van der Waals surface area (Å²) in [4.78, 5) is 0. The minimum absolute atomic E-state index is 0.438. The summed E-state index contributed by atoms with van der Waals surface area (Å²) < 4.78 is 44.2. The number of hydrogen-bond donors (Lipinski definition) is 1. The van der Waals surface area contributed by atoms with Gasteiger partial charge < -0.3 is 10.2 Å². The molecule has 2 unspecified atom stereocenters. The quantitative estimate of drug-likeness (QED) is 0.935. The predicted octanol–water partition coefficient (Wildman–Crippen LogP) is 2.74. The molecule has 2 aromatic heterocycles. The summed E-state index contributed by atoms with van der Waals surface area (Å²) in [6.07, 6.45) is -3.21. The second kappa shape index (κ2) is 4.73. The Hall–Kier alpha value is -1.76. The van der Waals surface area contributed by atoms with Crippen molar-refractivity contribution >= 4 is 0 Å². The first-order chi connectivity index (χ1) is 8.79. The third-order valence-corrected chi connectivity index (χ3v) is 2.73. The summed E-state index contributed by atoms with van der Waals surface area (Å²) in [5.41, 5.74) is 4.88. The van der Waals surface area contributed by atoms with Gasteiger partial charge in [0.25, 0.3) is 0 Å². The first kappa shape index (κ1) is 13.7. The molecule has 0 aliphatic rings. The van der Waals surface area contributed by atoms with Gasteiger partial charge in [0.2, 0.25) is 0 Å². The van der Waals surface area contributed by atoms with Crippen LogP contribution in [-0.4, -0.2) is 15.8 Å². The van der Waals surface area contributed by atoms with Crippen LogP contribution in [0, 0.1) is 6.92 Å². The Morgan fingerprint density at radius 2 is 2.00 bits per heavy atom. The van der Waals surface area contributed by atoms with Crippen LogP contribution < -0.4 is 5.73 Å². The molecule has 4 nitrogen and oxygen atoms in total. The van der Waals surface area contributed by atoms with Crippen LogP contribution in [0.2, 0.25) is 0 Å². The predicted molar refractivity (Wildman–Crippen MR) is 62.5 cm³/mol. The van der Waals surface area contributed by atoms with Crippen LogP contribution in [0.4, 0.5) is 13.2 Å². The Kier molecular flexibility index (Phi) is 3.40. The lowest BCUT2D eigenvalue weighted by Crippen LogP contribution is -2.30. The van der Waals surface area contributed by atoms with Crippen molar-refractivity contribution in [1.82, 2.24) is 9.78 Å². The molecule has 0 saturated heterocycles. The number of halogens is 3. The van der Waals surface area contributed by atoms with Crippen LogP contribution in [0.25, 0.3) is 0 Å². The van der Waals surface area contributed by atoms with Crippen molar-refractivity contribution in [2.24, 2.45) is 5.73 Å². The zero-order chi connectivity index (χ0) is 14.2. The maximum absolute atomic E-state index is 12.5. The molecule has 7 heteroatoms.